The number of nitrogens with one attached hydrogen (secondary N) is 1. The largest absolute Gasteiger partial charge is 0.306 e. The van der Waals surface area contributed by atoms with Gasteiger partial charge in [-0.05, 0) is 52.7 Å². The predicted molar refractivity (Wildman–Crippen MR) is 54.4 cm³/mol. The van der Waals surface area contributed by atoms with Crippen molar-refractivity contribution in [1.29, 1.82) is 0 Å². The van der Waals surface area contributed by atoms with Crippen LogP contribution in [0.15, 0.2) is 0 Å². The summed E-state index contributed by atoms with van der Waals surface area (Å²) in [4.78, 5) is 7.60. The fraction of sp³-hybridized carbons (Fsp3) is 1.00. The van der Waals surface area contributed by atoms with Crippen LogP contribution in [0.2, 0.25) is 0 Å². The summed E-state index contributed by atoms with van der Waals surface area (Å²) in [5.41, 5.74) is 3.10. The Morgan fingerprint density at radius 1 is 1.46 bits per heavy atom. The molecule has 3 heteroatoms. The first-order valence-electron chi connectivity index (χ1n) is 5.30. The number of hydrogen-bond acceptors (Lipinski definition) is 3. The average Bonchev–Trinajstić information content (AvgIpc) is 2.15. The first-order valence-corrected chi connectivity index (χ1v) is 5.30. The van der Waals surface area contributed by atoms with Gasteiger partial charge in [-0.25, -0.2) is 0 Å². The first-order chi connectivity index (χ1) is 6.24. The molecule has 1 aliphatic rings. The van der Waals surface area contributed by atoms with E-state index in [2.05, 4.69) is 24.4 Å². The highest BCUT2D eigenvalue weighted by Crippen LogP contribution is 2.19. The third kappa shape index (κ3) is 3.63. The van der Waals surface area contributed by atoms with E-state index in [4.69, 9.17) is 4.84 Å². The lowest BCUT2D eigenvalue weighted by Gasteiger charge is -2.32. The lowest BCUT2D eigenvalue weighted by Crippen LogP contribution is -2.40. The van der Waals surface area contributed by atoms with Gasteiger partial charge < -0.3 is 9.74 Å². The maximum atomic E-state index is 5.21. The molecule has 0 aromatic heterocycles. The van der Waals surface area contributed by atoms with Crippen LogP contribution >= 0.6 is 0 Å². The Hall–Kier alpha value is -0.120. The van der Waals surface area contributed by atoms with Crippen molar-refractivity contribution in [1.82, 2.24) is 10.4 Å². The molecule has 1 N–H and O–H groups in total. The summed E-state index contributed by atoms with van der Waals surface area (Å²) in [7, 11) is 2.19. The third-order valence-electron chi connectivity index (χ3n) is 2.88. The molecule has 78 valence electrons. The Labute approximate surface area is 81.4 Å². The van der Waals surface area contributed by atoms with E-state index < -0.39 is 0 Å². The number of hydroxylamine groups is 1. The van der Waals surface area contributed by atoms with Crippen molar-refractivity contribution in [3.8, 4) is 0 Å². The van der Waals surface area contributed by atoms with E-state index in [-0.39, 0.29) is 0 Å². The van der Waals surface area contributed by atoms with Crippen molar-refractivity contribution < 1.29 is 4.84 Å². The molecule has 1 atom stereocenters. The first kappa shape index (κ1) is 11.0. The second-order valence-electron chi connectivity index (χ2n) is 3.98. The van der Waals surface area contributed by atoms with Gasteiger partial charge in [-0.3, -0.25) is 0 Å². The molecule has 0 aromatic rings. The van der Waals surface area contributed by atoms with E-state index >= 15 is 0 Å². The van der Waals surface area contributed by atoms with Crippen molar-refractivity contribution in [2.45, 2.75) is 32.7 Å². The highest BCUT2D eigenvalue weighted by Gasteiger charge is 2.21. The summed E-state index contributed by atoms with van der Waals surface area (Å²) in [6.45, 7) is 7.42. The monoisotopic (exact) mass is 186 g/mol. The Morgan fingerprint density at radius 2 is 2.08 bits per heavy atom. The summed E-state index contributed by atoms with van der Waals surface area (Å²) < 4.78 is 0. The van der Waals surface area contributed by atoms with Crippen molar-refractivity contribution in [3.63, 3.8) is 0 Å². The van der Waals surface area contributed by atoms with Crippen LogP contribution in [0.1, 0.15) is 26.7 Å². The molecule has 0 radical (unpaired) electrons. The lowest BCUT2D eigenvalue weighted by atomic mass is 9.91. The van der Waals surface area contributed by atoms with Crippen molar-refractivity contribution in [3.05, 3.63) is 0 Å². The van der Waals surface area contributed by atoms with Gasteiger partial charge in [0.25, 0.3) is 0 Å². The molecule has 3 nitrogen and oxygen atoms in total. The molecule has 13 heavy (non-hydrogen) atoms. The number of likely N-dealkylation sites (tertiary alicyclic amines) is 1. The minimum Gasteiger partial charge on any atom is -0.306 e. The number of rotatable bonds is 4. The fourth-order valence-corrected chi connectivity index (χ4v) is 1.84. The molecular weight excluding hydrogens is 164 g/mol. The predicted octanol–water partition coefficient (Wildman–Crippen LogP) is 1.26. The summed E-state index contributed by atoms with van der Waals surface area (Å²) in [6, 6.07) is 0.494. The molecule has 1 heterocycles. The van der Waals surface area contributed by atoms with Crippen LogP contribution in [0.3, 0.4) is 0 Å². The quantitative estimate of drug-likeness (QED) is 0.669. The summed E-state index contributed by atoms with van der Waals surface area (Å²) in [6.07, 6.45) is 2.58. The molecule has 0 aromatic carbocycles. The van der Waals surface area contributed by atoms with Gasteiger partial charge in [-0.1, -0.05) is 0 Å². The minimum atomic E-state index is 0.494. The second kappa shape index (κ2) is 5.58. The van der Waals surface area contributed by atoms with Crippen LogP contribution in [-0.2, 0) is 4.84 Å². The molecule has 1 saturated heterocycles. The van der Waals surface area contributed by atoms with Crippen LogP contribution in [0.25, 0.3) is 0 Å². The molecule has 0 spiro atoms. The number of piperidine rings is 1. The zero-order valence-corrected chi connectivity index (χ0v) is 9.05. The lowest BCUT2D eigenvalue weighted by molar-refractivity contribution is 0.00524. The van der Waals surface area contributed by atoms with Gasteiger partial charge in [-0.15, -0.1) is 0 Å². The van der Waals surface area contributed by atoms with Gasteiger partial charge in [0.1, 0.15) is 0 Å². The van der Waals surface area contributed by atoms with E-state index in [0.29, 0.717) is 6.04 Å². The van der Waals surface area contributed by atoms with E-state index in [0.717, 1.165) is 12.5 Å². The standard InChI is InChI=1S/C10H22N2O/c1-4-13-11-9(2)10-5-7-12(3)8-6-10/h9-11H,4-8H2,1-3H3. The van der Waals surface area contributed by atoms with Crippen molar-refractivity contribution in [2.24, 2.45) is 5.92 Å². The molecule has 0 amide bonds. The van der Waals surface area contributed by atoms with Gasteiger partial charge in [0.05, 0.1) is 6.61 Å². The van der Waals surface area contributed by atoms with Gasteiger partial charge in [0, 0.05) is 6.04 Å². The summed E-state index contributed by atoms with van der Waals surface area (Å²) in [5, 5.41) is 0. The van der Waals surface area contributed by atoms with Crippen LogP contribution in [-0.4, -0.2) is 37.7 Å². The summed E-state index contributed by atoms with van der Waals surface area (Å²) >= 11 is 0. The molecule has 0 aliphatic carbocycles. The molecular formula is C10H22N2O. The molecule has 0 bridgehead atoms. The van der Waals surface area contributed by atoms with Crippen LogP contribution in [0, 0.1) is 5.92 Å². The zero-order chi connectivity index (χ0) is 9.68. The smallest absolute Gasteiger partial charge is 0.0654 e. The molecule has 1 aliphatic heterocycles. The Bertz CT molecular complexity index is 133. The van der Waals surface area contributed by atoms with Crippen LogP contribution < -0.4 is 5.48 Å². The zero-order valence-electron chi connectivity index (χ0n) is 9.05. The fourth-order valence-electron chi connectivity index (χ4n) is 1.84. The maximum absolute atomic E-state index is 5.21. The van der Waals surface area contributed by atoms with E-state index in [1.54, 1.807) is 0 Å². The Morgan fingerprint density at radius 3 is 2.62 bits per heavy atom. The van der Waals surface area contributed by atoms with Crippen molar-refractivity contribution in [2.75, 3.05) is 26.7 Å². The summed E-state index contributed by atoms with van der Waals surface area (Å²) in [5.74, 6) is 0.780. The molecule has 1 fully saturated rings. The highest BCUT2D eigenvalue weighted by atomic mass is 16.6. The molecule has 1 unspecified atom stereocenters. The highest BCUT2D eigenvalue weighted by molar-refractivity contribution is 4.76. The third-order valence-corrected chi connectivity index (χ3v) is 2.88. The number of hydrogen-bond donors (Lipinski definition) is 1. The molecule has 1 rings (SSSR count). The SMILES string of the molecule is CCONC(C)C1CCN(C)CC1. The van der Waals surface area contributed by atoms with E-state index in [1.807, 2.05) is 6.92 Å². The average molecular weight is 186 g/mol. The van der Waals surface area contributed by atoms with E-state index in [1.165, 1.54) is 25.9 Å². The topological polar surface area (TPSA) is 24.5 Å². The van der Waals surface area contributed by atoms with E-state index in [9.17, 15) is 0 Å². The molecule has 0 saturated carbocycles. The Kier molecular flexibility index (Phi) is 4.70. The van der Waals surface area contributed by atoms with Crippen LogP contribution in [0.4, 0.5) is 0 Å². The minimum absolute atomic E-state index is 0.494. The van der Waals surface area contributed by atoms with Gasteiger partial charge in [0.2, 0.25) is 0 Å². The van der Waals surface area contributed by atoms with Crippen LogP contribution in [0.5, 0.6) is 0 Å². The maximum Gasteiger partial charge on any atom is 0.0654 e. The number of nitrogens with zero attached hydrogens (tertiary/aromatic N) is 1. The van der Waals surface area contributed by atoms with Gasteiger partial charge >= 0.3 is 0 Å². The van der Waals surface area contributed by atoms with Gasteiger partial charge in [0.15, 0.2) is 0 Å². The second-order valence-corrected chi connectivity index (χ2v) is 3.98. The van der Waals surface area contributed by atoms with Crippen molar-refractivity contribution >= 4 is 0 Å². The normalized spacial score (nSPS) is 23.3. The Balaban J connectivity index is 2.19. The van der Waals surface area contributed by atoms with Gasteiger partial charge in [-0.2, -0.15) is 5.48 Å².